The molecule has 1 N–H and O–H groups in total. The Balaban J connectivity index is 1.69. The number of hydrogen-bond donors (Lipinski definition) is 1. The summed E-state index contributed by atoms with van der Waals surface area (Å²) in [6.45, 7) is 18.2. The zero-order valence-electron chi connectivity index (χ0n) is 19.9. The molecular weight excluding hydrogens is 352 g/mol. The SMILES string of the molecule is C=CCC1C(C2(C)CCC(O)CC2)CC[C@]2(C)C(CCCC(=C)C(C)C)CCC12. The third kappa shape index (κ3) is 4.70. The molecule has 0 heterocycles. The van der Waals surface area contributed by atoms with Crippen LogP contribution in [0.4, 0.5) is 0 Å². The maximum atomic E-state index is 10.1. The first kappa shape index (κ1) is 23.1. The van der Waals surface area contributed by atoms with E-state index in [1.54, 1.807) is 0 Å². The topological polar surface area (TPSA) is 20.2 Å². The number of allylic oxidation sites excluding steroid dienone is 2. The Labute approximate surface area is 181 Å². The van der Waals surface area contributed by atoms with Crippen LogP contribution >= 0.6 is 0 Å². The van der Waals surface area contributed by atoms with Crippen LogP contribution in [-0.4, -0.2) is 11.2 Å². The van der Waals surface area contributed by atoms with Crippen LogP contribution in [0.2, 0.25) is 0 Å². The van der Waals surface area contributed by atoms with Crippen LogP contribution in [-0.2, 0) is 0 Å². The van der Waals surface area contributed by atoms with Crippen molar-refractivity contribution in [1.29, 1.82) is 0 Å². The normalized spacial score (nSPS) is 42.6. The van der Waals surface area contributed by atoms with E-state index >= 15 is 0 Å². The molecule has 3 aliphatic rings. The molecule has 1 nitrogen and oxygen atoms in total. The van der Waals surface area contributed by atoms with Gasteiger partial charge in [0.2, 0.25) is 0 Å². The molecule has 0 aromatic rings. The van der Waals surface area contributed by atoms with Crippen LogP contribution in [0.1, 0.15) is 105 Å². The fourth-order valence-corrected chi connectivity index (χ4v) is 7.75. The number of hydrogen-bond acceptors (Lipinski definition) is 1. The predicted molar refractivity (Wildman–Crippen MR) is 126 cm³/mol. The van der Waals surface area contributed by atoms with Gasteiger partial charge in [-0.15, -0.1) is 6.58 Å². The second kappa shape index (κ2) is 9.29. The summed E-state index contributed by atoms with van der Waals surface area (Å²) in [7, 11) is 0. The van der Waals surface area contributed by atoms with Gasteiger partial charge in [0.25, 0.3) is 0 Å². The van der Waals surface area contributed by atoms with Crippen molar-refractivity contribution >= 4 is 0 Å². The lowest BCUT2D eigenvalue weighted by molar-refractivity contribution is -0.0641. The fraction of sp³-hybridized carbons (Fsp3) is 0.857. The molecule has 3 fully saturated rings. The molecular formula is C28H48O. The van der Waals surface area contributed by atoms with Crippen molar-refractivity contribution in [3.8, 4) is 0 Å². The Kier molecular flexibility index (Phi) is 7.40. The Morgan fingerprint density at radius 3 is 2.34 bits per heavy atom. The van der Waals surface area contributed by atoms with Gasteiger partial charge in [0.1, 0.15) is 0 Å². The third-order valence-corrected chi connectivity index (χ3v) is 9.93. The first-order valence-corrected chi connectivity index (χ1v) is 12.7. The van der Waals surface area contributed by atoms with Crippen molar-refractivity contribution in [3.05, 3.63) is 24.8 Å². The molecule has 0 spiro atoms. The van der Waals surface area contributed by atoms with E-state index < -0.39 is 0 Å². The first-order valence-electron chi connectivity index (χ1n) is 12.7. The van der Waals surface area contributed by atoms with Crippen LogP contribution in [0.5, 0.6) is 0 Å². The van der Waals surface area contributed by atoms with E-state index in [4.69, 9.17) is 0 Å². The summed E-state index contributed by atoms with van der Waals surface area (Å²) >= 11 is 0. The van der Waals surface area contributed by atoms with Crippen molar-refractivity contribution in [2.24, 2.45) is 40.4 Å². The molecule has 0 aliphatic heterocycles. The van der Waals surface area contributed by atoms with Crippen LogP contribution in [0, 0.1) is 40.4 Å². The largest absolute Gasteiger partial charge is 0.393 e. The summed E-state index contributed by atoms with van der Waals surface area (Å²) < 4.78 is 0. The summed E-state index contributed by atoms with van der Waals surface area (Å²) in [5, 5.41) is 10.1. The Bertz CT molecular complexity index is 567. The molecule has 3 rings (SSSR count). The van der Waals surface area contributed by atoms with Gasteiger partial charge in [-0.05, 0) is 117 Å². The second-order valence-electron chi connectivity index (χ2n) is 11.8. The average molecular weight is 401 g/mol. The first-order chi connectivity index (χ1) is 13.7. The lowest BCUT2D eigenvalue weighted by atomic mass is 9.50. The average Bonchev–Trinajstić information content (AvgIpc) is 3.01. The van der Waals surface area contributed by atoms with E-state index in [0.717, 1.165) is 36.5 Å². The summed E-state index contributed by atoms with van der Waals surface area (Å²) in [5.41, 5.74) is 2.40. The van der Waals surface area contributed by atoms with Gasteiger partial charge < -0.3 is 5.11 Å². The van der Waals surface area contributed by atoms with E-state index in [2.05, 4.69) is 46.9 Å². The smallest absolute Gasteiger partial charge is 0.0540 e. The number of aliphatic hydroxyl groups excluding tert-OH is 1. The molecule has 0 bridgehead atoms. The molecule has 0 aromatic carbocycles. The zero-order valence-corrected chi connectivity index (χ0v) is 19.9. The fourth-order valence-electron chi connectivity index (χ4n) is 7.75. The molecule has 29 heavy (non-hydrogen) atoms. The molecule has 3 aliphatic carbocycles. The third-order valence-electron chi connectivity index (χ3n) is 9.93. The van der Waals surface area contributed by atoms with Gasteiger partial charge in [0.05, 0.1) is 6.10 Å². The molecule has 4 unspecified atom stereocenters. The second-order valence-corrected chi connectivity index (χ2v) is 11.8. The van der Waals surface area contributed by atoms with Gasteiger partial charge in [0, 0.05) is 0 Å². The highest BCUT2D eigenvalue weighted by Crippen LogP contribution is 2.64. The van der Waals surface area contributed by atoms with Crippen LogP contribution in [0.3, 0.4) is 0 Å². The minimum absolute atomic E-state index is 0.0498. The quantitative estimate of drug-likeness (QED) is 0.410. The lowest BCUT2D eigenvalue weighted by Crippen LogP contribution is -2.47. The maximum absolute atomic E-state index is 10.1. The van der Waals surface area contributed by atoms with Gasteiger partial charge in [-0.1, -0.05) is 45.9 Å². The number of rotatable bonds is 8. The number of aliphatic hydroxyl groups is 1. The van der Waals surface area contributed by atoms with Crippen molar-refractivity contribution in [1.82, 2.24) is 0 Å². The Morgan fingerprint density at radius 1 is 1.03 bits per heavy atom. The van der Waals surface area contributed by atoms with E-state index in [0.29, 0.717) is 16.7 Å². The van der Waals surface area contributed by atoms with Crippen molar-refractivity contribution in [3.63, 3.8) is 0 Å². The van der Waals surface area contributed by atoms with Crippen LogP contribution in [0.25, 0.3) is 0 Å². The molecule has 0 amide bonds. The van der Waals surface area contributed by atoms with Crippen molar-refractivity contribution in [2.75, 3.05) is 0 Å². The molecule has 0 aromatic heterocycles. The van der Waals surface area contributed by atoms with E-state index in [1.807, 2.05) is 0 Å². The number of fused-ring (bicyclic) bond motifs is 1. The van der Waals surface area contributed by atoms with Crippen LogP contribution < -0.4 is 0 Å². The van der Waals surface area contributed by atoms with Crippen molar-refractivity contribution in [2.45, 2.75) is 111 Å². The molecule has 3 saturated carbocycles. The van der Waals surface area contributed by atoms with Gasteiger partial charge in [-0.2, -0.15) is 0 Å². The standard InChI is InChI=1S/C28H48O/c1-7-9-24-25(27(5)17-14-23(29)15-18-27)16-19-28(6)22(12-13-26(24)28)11-8-10-21(4)20(2)3/h7,20,22-26,29H,1,4,8-19H2,2-3,5-6H3/t22?,23?,24?,25?,26?,27?,28-/m1/s1. The highest BCUT2D eigenvalue weighted by Gasteiger charge is 2.56. The summed E-state index contributed by atoms with van der Waals surface area (Å²) in [5.74, 6) is 4.04. The van der Waals surface area contributed by atoms with E-state index in [-0.39, 0.29) is 6.10 Å². The summed E-state index contributed by atoms with van der Waals surface area (Å²) in [6, 6.07) is 0. The molecule has 5 atom stereocenters. The molecule has 0 saturated heterocycles. The Hall–Kier alpha value is -0.560. The minimum atomic E-state index is -0.0498. The van der Waals surface area contributed by atoms with Gasteiger partial charge in [0.15, 0.2) is 0 Å². The summed E-state index contributed by atoms with van der Waals surface area (Å²) in [4.78, 5) is 0. The van der Waals surface area contributed by atoms with Gasteiger partial charge >= 0.3 is 0 Å². The lowest BCUT2D eigenvalue weighted by Gasteiger charge is -2.55. The minimum Gasteiger partial charge on any atom is -0.393 e. The van der Waals surface area contributed by atoms with Gasteiger partial charge in [-0.3, -0.25) is 0 Å². The van der Waals surface area contributed by atoms with Gasteiger partial charge in [-0.25, -0.2) is 0 Å². The Morgan fingerprint density at radius 2 is 1.72 bits per heavy atom. The molecule has 1 heteroatoms. The predicted octanol–water partition coefficient (Wildman–Crippen LogP) is 7.94. The summed E-state index contributed by atoms with van der Waals surface area (Å²) in [6.07, 6.45) is 17.4. The maximum Gasteiger partial charge on any atom is 0.0540 e. The van der Waals surface area contributed by atoms with Crippen molar-refractivity contribution < 1.29 is 5.11 Å². The highest BCUT2D eigenvalue weighted by atomic mass is 16.3. The van der Waals surface area contributed by atoms with E-state index in [1.165, 1.54) is 69.8 Å². The highest BCUT2D eigenvalue weighted by molar-refractivity contribution is 5.07. The molecule has 0 radical (unpaired) electrons. The van der Waals surface area contributed by atoms with E-state index in [9.17, 15) is 5.11 Å². The molecule has 166 valence electrons. The zero-order chi connectivity index (χ0) is 21.2. The monoisotopic (exact) mass is 400 g/mol. The van der Waals surface area contributed by atoms with Crippen LogP contribution in [0.15, 0.2) is 24.8 Å².